The number of carbonyl (C=O) groups excluding carboxylic acids is 2. The summed E-state index contributed by atoms with van der Waals surface area (Å²) in [5.41, 5.74) is 0. The van der Waals surface area contributed by atoms with Gasteiger partial charge in [0.2, 0.25) is 0 Å². The number of esters is 2. The van der Waals surface area contributed by atoms with Crippen LogP contribution in [-0.2, 0) is 32.7 Å². The number of quaternary nitrogens is 1. The molecule has 0 saturated heterocycles. The van der Waals surface area contributed by atoms with E-state index in [1.165, 1.54) is 57.8 Å². The van der Waals surface area contributed by atoms with Crippen molar-refractivity contribution in [2.45, 2.75) is 174 Å². The van der Waals surface area contributed by atoms with E-state index in [0.29, 0.717) is 17.4 Å². The van der Waals surface area contributed by atoms with Gasteiger partial charge in [-0.2, -0.15) is 0 Å². The highest BCUT2D eigenvalue weighted by molar-refractivity contribution is 7.45. The molecular weight excluding hydrogens is 814 g/mol. The van der Waals surface area contributed by atoms with Crippen LogP contribution in [0.2, 0.25) is 0 Å². The third-order valence-corrected chi connectivity index (χ3v) is 10.7. The van der Waals surface area contributed by atoms with Crippen LogP contribution in [0.5, 0.6) is 0 Å². The summed E-state index contributed by atoms with van der Waals surface area (Å²) in [6, 6.07) is 0. The molecule has 0 aliphatic rings. The Morgan fingerprint density at radius 3 is 1.67 bits per heavy atom. The lowest BCUT2D eigenvalue weighted by Gasteiger charge is -2.28. The minimum atomic E-state index is -4.69. The van der Waals surface area contributed by atoms with Gasteiger partial charge in [-0.15, -0.1) is 0 Å². The van der Waals surface area contributed by atoms with E-state index in [9.17, 15) is 24.2 Å². The highest BCUT2D eigenvalue weighted by Gasteiger charge is 2.22. The van der Waals surface area contributed by atoms with Gasteiger partial charge in [0.05, 0.1) is 33.9 Å². The SMILES string of the molecule is CC/C=C\C/C=C\C/C=C\C/C=C\C/C=C\C=C/C(O)CCC(=O)OC[C@H](COP(=O)([O-])OCC[N+](C)(C)C)OC(=O)CCCCCCCCCCC/C=C\C/C=C\CCCCC. The molecule has 0 aromatic heterocycles. The van der Waals surface area contributed by atoms with Crippen LogP contribution in [-0.4, -0.2) is 81.2 Å². The number of aliphatic hydroxyl groups is 1. The molecule has 0 aromatic rings. The van der Waals surface area contributed by atoms with Crippen LogP contribution in [0.15, 0.2) is 97.2 Å². The van der Waals surface area contributed by atoms with Gasteiger partial charge >= 0.3 is 11.9 Å². The van der Waals surface area contributed by atoms with E-state index in [0.717, 1.165) is 64.2 Å². The maximum atomic E-state index is 12.7. The topological polar surface area (TPSA) is 131 Å². The zero-order valence-corrected chi connectivity index (χ0v) is 41.0. The molecule has 63 heavy (non-hydrogen) atoms. The van der Waals surface area contributed by atoms with Crippen molar-refractivity contribution in [2.75, 3.05) is 47.5 Å². The molecule has 0 radical (unpaired) electrons. The van der Waals surface area contributed by atoms with Gasteiger partial charge in [0.1, 0.15) is 19.8 Å². The second-order valence-electron chi connectivity index (χ2n) is 16.9. The average molecular weight is 902 g/mol. The lowest BCUT2D eigenvalue weighted by atomic mass is 10.1. The normalized spacial score (nSPS) is 14.8. The van der Waals surface area contributed by atoms with E-state index in [-0.39, 0.29) is 32.5 Å². The Hall–Kier alpha value is -3.11. The molecule has 0 aromatic carbocycles. The number of phosphoric ester groups is 1. The van der Waals surface area contributed by atoms with Gasteiger partial charge in [0.25, 0.3) is 7.82 Å². The first-order valence-corrected chi connectivity index (χ1v) is 25.5. The highest BCUT2D eigenvalue weighted by Crippen LogP contribution is 2.38. The average Bonchev–Trinajstić information content (AvgIpc) is 3.24. The Bertz CT molecular complexity index is 1410. The molecule has 0 rings (SSSR count). The molecule has 0 saturated carbocycles. The lowest BCUT2D eigenvalue weighted by molar-refractivity contribution is -0.870. The molecule has 0 bridgehead atoms. The van der Waals surface area contributed by atoms with Crippen molar-refractivity contribution < 1.29 is 47.2 Å². The Kier molecular flexibility index (Phi) is 40.7. The molecular formula is C52H88NO9P. The third kappa shape index (κ3) is 46.7. The summed E-state index contributed by atoms with van der Waals surface area (Å²) in [6.45, 7) is 3.79. The van der Waals surface area contributed by atoms with Crippen molar-refractivity contribution in [3.63, 3.8) is 0 Å². The lowest BCUT2D eigenvalue weighted by Crippen LogP contribution is -2.37. The molecule has 10 nitrogen and oxygen atoms in total. The molecule has 2 unspecified atom stereocenters. The quantitative estimate of drug-likeness (QED) is 0.0159. The zero-order chi connectivity index (χ0) is 46.5. The number of hydrogen-bond donors (Lipinski definition) is 1. The summed E-state index contributed by atoms with van der Waals surface area (Å²) in [4.78, 5) is 37.7. The molecule has 11 heteroatoms. The van der Waals surface area contributed by atoms with Gasteiger partial charge in [-0.25, -0.2) is 0 Å². The number of rotatable bonds is 42. The van der Waals surface area contributed by atoms with Crippen molar-refractivity contribution in [3.8, 4) is 0 Å². The Labute approximate surface area is 384 Å². The summed E-state index contributed by atoms with van der Waals surface area (Å²) in [7, 11) is 1.03. The summed E-state index contributed by atoms with van der Waals surface area (Å²) in [5, 5.41) is 10.3. The number of hydrogen-bond acceptors (Lipinski definition) is 9. The minimum Gasteiger partial charge on any atom is -0.756 e. The van der Waals surface area contributed by atoms with Gasteiger partial charge in [0.15, 0.2) is 6.10 Å². The number of unbranched alkanes of at least 4 members (excludes halogenated alkanes) is 12. The van der Waals surface area contributed by atoms with Crippen LogP contribution in [0.4, 0.5) is 0 Å². The minimum absolute atomic E-state index is 0.0727. The number of phosphoric acid groups is 1. The van der Waals surface area contributed by atoms with E-state index >= 15 is 0 Å². The molecule has 0 fully saturated rings. The Morgan fingerprint density at radius 1 is 0.603 bits per heavy atom. The molecule has 0 aliphatic carbocycles. The van der Waals surface area contributed by atoms with E-state index in [2.05, 4.69) is 86.8 Å². The summed E-state index contributed by atoms with van der Waals surface area (Å²) in [5.74, 6) is -1.13. The molecule has 0 amide bonds. The van der Waals surface area contributed by atoms with Crippen LogP contribution in [0.3, 0.4) is 0 Å². The van der Waals surface area contributed by atoms with Gasteiger partial charge in [0, 0.05) is 12.8 Å². The molecule has 0 aliphatic heterocycles. The smallest absolute Gasteiger partial charge is 0.306 e. The number of allylic oxidation sites excluding steroid dienone is 15. The first-order chi connectivity index (χ1) is 30.4. The fraction of sp³-hybridized carbons (Fsp3) is 0.654. The first kappa shape index (κ1) is 59.9. The fourth-order valence-electron chi connectivity index (χ4n) is 5.91. The number of carbonyl (C=O) groups is 2. The predicted octanol–water partition coefficient (Wildman–Crippen LogP) is 12.5. The maximum Gasteiger partial charge on any atom is 0.306 e. The van der Waals surface area contributed by atoms with Gasteiger partial charge in [-0.05, 0) is 77.0 Å². The van der Waals surface area contributed by atoms with Crippen LogP contribution < -0.4 is 4.89 Å². The molecule has 360 valence electrons. The van der Waals surface area contributed by atoms with Crippen LogP contribution in [0.25, 0.3) is 0 Å². The first-order valence-electron chi connectivity index (χ1n) is 24.1. The van der Waals surface area contributed by atoms with Crippen molar-refractivity contribution in [1.29, 1.82) is 0 Å². The van der Waals surface area contributed by atoms with Crippen molar-refractivity contribution in [1.82, 2.24) is 0 Å². The van der Waals surface area contributed by atoms with E-state index in [4.69, 9.17) is 18.5 Å². The largest absolute Gasteiger partial charge is 0.756 e. The highest BCUT2D eigenvalue weighted by atomic mass is 31.2. The van der Waals surface area contributed by atoms with E-state index in [1.807, 2.05) is 33.3 Å². The van der Waals surface area contributed by atoms with Crippen molar-refractivity contribution in [2.24, 2.45) is 0 Å². The van der Waals surface area contributed by atoms with Crippen LogP contribution in [0.1, 0.15) is 162 Å². The fourth-order valence-corrected chi connectivity index (χ4v) is 6.64. The summed E-state index contributed by atoms with van der Waals surface area (Å²) < 4.78 is 33.8. The Balaban J connectivity index is 4.54. The monoisotopic (exact) mass is 902 g/mol. The second-order valence-corrected chi connectivity index (χ2v) is 18.3. The van der Waals surface area contributed by atoms with Gasteiger partial charge in [-0.1, -0.05) is 169 Å². The molecule has 0 spiro atoms. The number of likely N-dealkylation sites (N-methyl/N-ethyl adjacent to an activating group) is 1. The van der Waals surface area contributed by atoms with Crippen LogP contribution in [0, 0.1) is 0 Å². The van der Waals surface area contributed by atoms with Gasteiger partial charge in [-0.3, -0.25) is 14.2 Å². The maximum absolute atomic E-state index is 12.7. The van der Waals surface area contributed by atoms with E-state index < -0.39 is 38.6 Å². The summed E-state index contributed by atoms with van der Waals surface area (Å²) >= 11 is 0. The number of nitrogens with zero attached hydrogens (tertiary/aromatic N) is 1. The molecule has 3 atom stereocenters. The zero-order valence-electron chi connectivity index (χ0n) is 40.1. The van der Waals surface area contributed by atoms with Crippen molar-refractivity contribution in [3.05, 3.63) is 97.2 Å². The second kappa shape index (κ2) is 42.8. The molecule has 1 N–H and O–H groups in total. The molecule has 0 heterocycles. The number of aliphatic hydroxyl groups excluding tert-OH is 1. The Morgan fingerprint density at radius 2 is 1.11 bits per heavy atom. The standard InChI is InChI=1S/C52H88NO9P/c1-6-8-10-12-14-16-18-20-22-24-25-26-28-30-32-34-36-38-40-42-52(56)62-50(48-61-63(57,58)60-46-45-53(3,4)5)47-59-51(55)44-43-49(54)41-39-37-35-33-31-29-27-23-21-19-17-15-13-11-9-7-2/h9,11,14-17,20-23,29,31,35,37,39,41,49-50,54H,6-8,10,12-13,18-19,24-28,30,32-34,36,38,40,42-48H2,1-5H3/b11-9-,16-14-,17-15-,22-20-,23-21-,31-29-,37-35-,41-39-/t49?,50-/m1/s1. The van der Waals surface area contributed by atoms with E-state index in [1.54, 1.807) is 12.2 Å². The summed E-state index contributed by atoms with van der Waals surface area (Å²) in [6.07, 6.45) is 53.3. The predicted molar refractivity (Wildman–Crippen MR) is 260 cm³/mol. The third-order valence-electron chi connectivity index (χ3n) is 9.71. The van der Waals surface area contributed by atoms with Crippen molar-refractivity contribution >= 4 is 19.8 Å². The van der Waals surface area contributed by atoms with Gasteiger partial charge < -0.3 is 33.0 Å². The van der Waals surface area contributed by atoms with Crippen LogP contribution >= 0.6 is 7.82 Å². The number of ether oxygens (including phenoxy) is 2.